The summed E-state index contributed by atoms with van der Waals surface area (Å²) in [5.41, 5.74) is 1.07. The molecule has 1 aromatic rings. The lowest BCUT2D eigenvalue weighted by molar-refractivity contribution is -0.133. The highest BCUT2D eigenvalue weighted by atomic mass is 16.7. The first kappa shape index (κ1) is 14.2. The van der Waals surface area contributed by atoms with Gasteiger partial charge in [-0.15, -0.1) is 0 Å². The highest BCUT2D eigenvalue weighted by Gasteiger charge is 2.13. The quantitative estimate of drug-likeness (QED) is 0.858. The van der Waals surface area contributed by atoms with E-state index in [4.69, 9.17) is 14.2 Å². The van der Waals surface area contributed by atoms with Crippen molar-refractivity contribution in [3.63, 3.8) is 0 Å². The predicted octanol–water partition coefficient (Wildman–Crippen LogP) is 3.04. The molecule has 0 spiro atoms. The molecule has 1 aliphatic heterocycles. The van der Waals surface area contributed by atoms with E-state index in [0.29, 0.717) is 6.79 Å². The van der Waals surface area contributed by atoms with Gasteiger partial charge in [-0.25, -0.2) is 0 Å². The molecule has 1 heterocycles. The third-order valence-corrected chi connectivity index (χ3v) is 3.25. The molecule has 4 nitrogen and oxygen atoms in total. The summed E-state index contributed by atoms with van der Waals surface area (Å²) in [5, 5.41) is 3.39. The first-order chi connectivity index (χ1) is 9.28. The van der Waals surface area contributed by atoms with Crippen molar-refractivity contribution in [2.75, 3.05) is 25.3 Å². The highest BCUT2D eigenvalue weighted by molar-refractivity contribution is 5.48. The fourth-order valence-corrected chi connectivity index (χ4v) is 1.89. The first-order valence-electron chi connectivity index (χ1n) is 6.98. The SMILES string of the molecule is CCC(C)Oc1cccc(NCC2CCOCO2)c1. The van der Waals surface area contributed by atoms with Crippen LogP contribution in [0.25, 0.3) is 0 Å². The van der Waals surface area contributed by atoms with E-state index in [1.165, 1.54) is 0 Å². The molecule has 106 valence electrons. The van der Waals surface area contributed by atoms with Gasteiger partial charge in [-0.1, -0.05) is 13.0 Å². The zero-order valence-corrected chi connectivity index (χ0v) is 11.7. The Hall–Kier alpha value is -1.26. The van der Waals surface area contributed by atoms with Crippen LogP contribution in [-0.2, 0) is 9.47 Å². The van der Waals surface area contributed by atoms with Crippen LogP contribution in [-0.4, -0.2) is 32.2 Å². The zero-order chi connectivity index (χ0) is 13.5. The topological polar surface area (TPSA) is 39.7 Å². The zero-order valence-electron chi connectivity index (χ0n) is 11.7. The van der Waals surface area contributed by atoms with E-state index in [1.807, 2.05) is 24.3 Å². The van der Waals surface area contributed by atoms with Crippen molar-refractivity contribution >= 4 is 5.69 Å². The van der Waals surface area contributed by atoms with E-state index in [1.54, 1.807) is 0 Å². The van der Waals surface area contributed by atoms with Crippen molar-refractivity contribution in [1.82, 2.24) is 0 Å². The van der Waals surface area contributed by atoms with Gasteiger partial charge in [0.25, 0.3) is 0 Å². The molecule has 1 fully saturated rings. The Balaban J connectivity index is 1.84. The molecule has 0 aromatic heterocycles. The minimum atomic E-state index is 0.230. The Labute approximate surface area is 115 Å². The summed E-state index contributed by atoms with van der Waals surface area (Å²) in [6.07, 6.45) is 2.42. The maximum absolute atomic E-state index is 5.80. The fraction of sp³-hybridized carbons (Fsp3) is 0.600. The van der Waals surface area contributed by atoms with Gasteiger partial charge in [-0.05, 0) is 31.9 Å². The predicted molar refractivity (Wildman–Crippen MR) is 75.6 cm³/mol. The molecule has 1 saturated heterocycles. The smallest absolute Gasteiger partial charge is 0.147 e. The normalized spacial score (nSPS) is 20.8. The maximum atomic E-state index is 5.80. The molecule has 1 aliphatic rings. The van der Waals surface area contributed by atoms with Crippen LogP contribution >= 0.6 is 0 Å². The van der Waals surface area contributed by atoms with Crippen LogP contribution in [0.1, 0.15) is 26.7 Å². The number of anilines is 1. The second kappa shape index (κ2) is 7.36. The molecule has 0 aliphatic carbocycles. The van der Waals surface area contributed by atoms with E-state index >= 15 is 0 Å². The lowest BCUT2D eigenvalue weighted by atomic mass is 10.2. The number of rotatable bonds is 6. The highest BCUT2D eigenvalue weighted by Crippen LogP contribution is 2.19. The summed E-state index contributed by atoms with van der Waals surface area (Å²) < 4.78 is 16.5. The average Bonchev–Trinajstić information content (AvgIpc) is 2.46. The molecule has 2 rings (SSSR count). The van der Waals surface area contributed by atoms with Gasteiger partial charge in [0.1, 0.15) is 12.5 Å². The second-order valence-corrected chi connectivity index (χ2v) is 4.85. The largest absolute Gasteiger partial charge is 0.491 e. The summed E-state index contributed by atoms with van der Waals surface area (Å²) >= 11 is 0. The summed E-state index contributed by atoms with van der Waals surface area (Å²) in [7, 11) is 0. The van der Waals surface area contributed by atoms with E-state index in [-0.39, 0.29) is 12.2 Å². The number of hydrogen-bond acceptors (Lipinski definition) is 4. The van der Waals surface area contributed by atoms with Gasteiger partial charge in [-0.3, -0.25) is 0 Å². The van der Waals surface area contributed by atoms with E-state index in [9.17, 15) is 0 Å². The van der Waals surface area contributed by atoms with E-state index in [0.717, 1.165) is 37.4 Å². The van der Waals surface area contributed by atoms with Gasteiger partial charge < -0.3 is 19.5 Å². The van der Waals surface area contributed by atoms with Crippen molar-refractivity contribution in [1.29, 1.82) is 0 Å². The minimum absolute atomic E-state index is 0.230. The average molecular weight is 265 g/mol. The fourth-order valence-electron chi connectivity index (χ4n) is 1.89. The summed E-state index contributed by atoms with van der Waals surface area (Å²) in [6, 6.07) is 8.07. The van der Waals surface area contributed by atoms with Gasteiger partial charge in [-0.2, -0.15) is 0 Å². The summed E-state index contributed by atoms with van der Waals surface area (Å²) in [4.78, 5) is 0. The monoisotopic (exact) mass is 265 g/mol. The molecule has 2 atom stereocenters. The number of hydrogen-bond donors (Lipinski definition) is 1. The molecule has 4 heteroatoms. The Morgan fingerprint density at radius 1 is 1.47 bits per heavy atom. The molecule has 0 bridgehead atoms. The third-order valence-electron chi connectivity index (χ3n) is 3.25. The van der Waals surface area contributed by atoms with Gasteiger partial charge in [0.15, 0.2) is 0 Å². The maximum Gasteiger partial charge on any atom is 0.147 e. The van der Waals surface area contributed by atoms with Crippen molar-refractivity contribution in [2.45, 2.75) is 38.9 Å². The Morgan fingerprint density at radius 2 is 2.37 bits per heavy atom. The van der Waals surface area contributed by atoms with E-state index in [2.05, 4.69) is 19.2 Å². The molecular formula is C15H23NO3. The Bertz CT molecular complexity index is 377. The van der Waals surface area contributed by atoms with Crippen molar-refractivity contribution in [2.24, 2.45) is 0 Å². The van der Waals surface area contributed by atoms with Crippen LogP contribution < -0.4 is 10.1 Å². The van der Waals surface area contributed by atoms with E-state index < -0.39 is 0 Å². The van der Waals surface area contributed by atoms with Crippen molar-refractivity contribution < 1.29 is 14.2 Å². The third kappa shape index (κ3) is 4.73. The Kier molecular flexibility index (Phi) is 5.48. The van der Waals surface area contributed by atoms with Crippen LogP contribution in [0.2, 0.25) is 0 Å². The number of nitrogens with one attached hydrogen (secondary N) is 1. The molecule has 1 aromatic carbocycles. The first-order valence-corrected chi connectivity index (χ1v) is 6.98. The molecule has 19 heavy (non-hydrogen) atoms. The van der Waals surface area contributed by atoms with Crippen molar-refractivity contribution in [3.05, 3.63) is 24.3 Å². The lowest BCUT2D eigenvalue weighted by Gasteiger charge is -2.23. The molecule has 2 unspecified atom stereocenters. The molecule has 1 N–H and O–H groups in total. The minimum Gasteiger partial charge on any atom is -0.491 e. The second-order valence-electron chi connectivity index (χ2n) is 4.85. The van der Waals surface area contributed by atoms with Gasteiger partial charge in [0.05, 0.1) is 18.8 Å². The molecule has 0 amide bonds. The summed E-state index contributed by atoms with van der Waals surface area (Å²) in [6.45, 7) is 6.19. The number of ether oxygens (including phenoxy) is 3. The standard InChI is InChI=1S/C15H23NO3/c1-3-12(2)19-14-6-4-5-13(9-14)16-10-15-7-8-17-11-18-15/h4-6,9,12,15-16H,3,7-8,10-11H2,1-2H3. The van der Waals surface area contributed by atoms with Crippen LogP contribution in [0.15, 0.2) is 24.3 Å². The van der Waals surface area contributed by atoms with Gasteiger partial charge >= 0.3 is 0 Å². The van der Waals surface area contributed by atoms with Crippen LogP contribution in [0.5, 0.6) is 5.75 Å². The molecule has 0 saturated carbocycles. The van der Waals surface area contributed by atoms with Crippen molar-refractivity contribution in [3.8, 4) is 5.75 Å². The van der Waals surface area contributed by atoms with Gasteiger partial charge in [0, 0.05) is 18.3 Å². The summed E-state index contributed by atoms with van der Waals surface area (Å²) in [5.74, 6) is 0.909. The lowest BCUT2D eigenvalue weighted by Crippen LogP contribution is -2.30. The molecule has 0 radical (unpaired) electrons. The van der Waals surface area contributed by atoms with Crippen LogP contribution in [0.3, 0.4) is 0 Å². The van der Waals surface area contributed by atoms with Gasteiger partial charge in [0.2, 0.25) is 0 Å². The number of benzene rings is 1. The Morgan fingerprint density at radius 3 is 3.11 bits per heavy atom. The van der Waals surface area contributed by atoms with Crippen LogP contribution in [0, 0.1) is 0 Å². The van der Waals surface area contributed by atoms with Crippen LogP contribution in [0.4, 0.5) is 5.69 Å². The molecular weight excluding hydrogens is 242 g/mol.